The van der Waals surface area contributed by atoms with E-state index in [1.54, 1.807) is 13.0 Å². The lowest BCUT2D eigenvalue weighted by Crippen LogP contribution is -2.10. The first-order chi connectivity index (χ1) is 6.45. The Morgan fingerprint density at radius 1 is 1.36 bits per heavy atom. The molecule has 14 heavy (non-hydrogen) atoms. The summed E-state index contributed by atoms with van der Waals surface area (Å²) in [6.07, 6.45) is -4.29. The Morgan fingerprint density at radius 3 is 2.50 bits per heavy atom. The predicted octanol–water partition coefficient (Wildman–Crippen LogP) is 3.74. The first kappa shape index (κ1) is 11.6. The van der Waals surface area contributed by atoms with E-state index in [0.717, 1.165) is 6.07 Å². The molecule has 0 heterocycles. The summed E-state index contributed by atoms with van der Waals surface area (Å²) in [6, 6.07) is 4.24. The fraction of sp³-hybridized carbons (Fsp3) is 0.333. The third-order valence-corrected chi connectivity index (χ3v) is 2.33. The summed E-state index contributed by atoms with van der Waals surface area (Å²) in [4.78, 5) is 0. The highest BCUT2D eigenvalue weighted by Gasteiger charge is 2.33. The zero-order valence-electron chi connectivity index (χ0n) is 7.45. The van der Waals surface area contributed by atoms with E-state index in [4.69, 9.17) is 0 Å². The summed E-state index contributed by atoms with van der Waals surface area (Å²) in [5.74, 6) is 0. The molecule has 78 valence electrons. The highest BCUT2D eigenvalue weighted by molar-refractivity contribution is 14.1. The molecule has 0 saturated heterocycles. The van der Waals surface area contributed by atoms with Crippen molar-refractivity contribution in [3.8, 4) is 0 Å². The zero-order chi connectivity index (χ0) is 10.8. The molecular weight excluding hydrogens is 306 g/mol. The largest absolute Gasteiger partial charge is 0.418 e. The normalized spacial score (nSPS) is 11.5. The van der Waals surface area contributed by atoms with Gasteiger partial charge in [0, 0.05) is 15.8 Å². The van der Waals surface area contributed by atoms with Gasteiger partial charge in [0.25, 0.3) is 0 Å². The van der Waals surface area contributed by atoms with Crippen LogP contribution in [0.4, 0.5) is 18.9 Å². The highest BCUT2D eigenvalue weighted by atomic mass is 127. The second-order valence-electron chi connectivity index (χ2n) is 2.72. The maximum atomic E-state index is 12.5. The Balaban J connectivity index is 3.16. The van der Waals surface area contributed by atoms with E-state index in [2.05, 4.69) is 5.32 Å². The van der Waals surface area contributed by atoms with Crippen LogP contribution >= 0.6 is 22.6 Å². The van der Waals surface area contributed by atoms with Crippen LogP contribution < -0.4 is 5.32 Å². The van der Waals surface area contributed by atoms with Crippen LogP contribution in [0.15, 0.2) is 18.2 Å². The molecule has 0 aliphatic rings. The lowest BCUT2D eigenvalue weighted by molar-refractivity contribution is -0.137. The molecule has 0 unspecified atom stereocenters. The maximum absolute atomic E-state index is 12.5. The van der Waals surface area contributed by atoms with Crippen LogP contribution in [0.25, 0.3) is 0 Å². The molecule has 0 fully saturated rings. The van der Waals surface area contributed by atoms with Gasteiger partial charge in [-0.1, -0.05) is 0 Å². The van der Waals surface area contributed by atoms with Crippen molar-refractivity contribution in [2.75, 3.05) is 11.9 Å². The third-order valence-electron chi connectivity index (χ3n) is 1.65. The lowest BCUT2D eigenvalue weighted by Gasteiger charge is -2.13. The number of halogens is 4. The number of hydrogen-bond acceptors (Lipinski definition) is 1. The van der Waals surface area contributed by atoms with Gasteiger partial charge in [-0.15, -0.1) is 0 Å². The minimum absolute atomic E-state index is 0.139. The Kier molecular flexibility index (Phi) is 3.63. The Labute approximate surface area is 93.8 Å². The fourth-order valence-electron chi connectivity index (χ4n) is 1.10. The van der Waals surface area contributed by atoms with E-state index < -0.39 is 11.7 Å². The summed E-state index contributed by atoms with van der Waals surface area (Å²) in [6.45, 7) is 2.24. The van der Waals surface area contributed by atoms with Crippen LogP contribution in [0.2, 0.25) is 0 Å². The molecule has 0 atom stereocenters. The fourth-order valence-corrected chi connectivity index (χ4v) is 1.59. The number of benzene rings is 1. The summed E-state index contributed by atoms with van der Waals surface area (Å²) >= 11 is 1.86. The molecule has 0 radical (unpaired) electrons. The van der Waals surface area contributed by atoms with Gasteiger partial charge in [-0.2, -0.15) is 13.2 Å². The molecule has 1 aromatic carbocycles. The Hall–Kier alpha value is -0.460. The smallest absolute Gasteiger partial charge is 0.385 e. The predicted molar refractivity (Wildman–Crippen MR) is 58.3 cm³/mol. The molecule has 0 aliphatic carbocycles. The SMILES string of the molecule is CCNc1ccc(I)cc1C(F)(F)F. The molecular formula is C9H9F3IN. The molecule has 0 saturated carbocycles. The van der Waals surface area contributed by atoms with Crippen molar-refractivity contribution >= 4 is 28.3 Å². The topological polar surface area (TPSA) is 12.0 Å². The highest BCUT2D eigenvalue weighted by Crippen LogP contribution is 2.35. The second kappa shape index (κ2) is 4.37. The van der Waals surface area contributed by atoms with Crippen molar-refractivity contribution in [2.45, 2.75) is 13.1 Å². The van der Waals surface area contributed by atoms with Crippen molar-refractivity contribution in [1.29, 1.82) is 0 Å². The lowest BCUT2D eigenvalue weighted by atomic mass is 10.1. The first-order valence-corrected chi connectivity index (χ1v) is 5.13. The van der Waals surface area contributed by atoms with Crippen LogP contribution in [0.1, 0.15) is 12.5 Å². The van der Waals surface area contributed by atoms with Crippen LogP contribution in [0.5, 0.6) is 0 Å². The average molecular weight is 315 g/mol. The van der Waals surface area contributed by atoms with Crippen LogP contribution in [0.3, 0.4) is 0 Å². The van der Waals surface area contributed by atoms with Crippen molar-refractivity contribution in [1.82, 2.24) is 0 Å². The van der Waals surface area contributed by atoms with E-state index in [-0.39, 0.29) is 5.69 Å². The van der Waals surface area contributed by atoms with E-state index >= 15 is 0 Å². The van der Waals surface area contributed by atoms with Gasteiger partial charge in [-0.3, -0.25) is 0 Å². The van der Waals surface area contributed by atoms with Gasteiger partial charge in [-0.05, 0) is 47.7 Å². The molecule has 1 N–H and O–H groups in total. The van der Waals surface area contributed by atoms with Crippen molar-refractivity contribution in [3.63, 3.8) is 0 Å². The molecule has 1 aromatic rings. The van der Waals surface area contributed by atoms with Crippen LogP contribution in [-0.2, 0) is 6.18 Å². The molecule has 0 spiro atoms. The zero-order valence-corrected chi connectivity index (χ0v) is 9.61. The number of hydrogen-bond donors (Lipinski definition) is 1. The van der Waals surface area contributed by atoms with Gasteiger partial charge in [0.05, 0.1) is 5.56 Å². The molecule has 0 aliphatic heterocycles. The average Bonchev–Trinajstić information content (AvgIpc) is 2.07. The first-order valence-electron chi connectivity index (χ1n) is 4.05. The standard InChI is InChI=1S/C9H9F3IN/c1-2-14-8-4-3-6(13)5-7(8)9(10,11)12/h3-5,14H,2H2,1H3. The third kappa shape index (κ3) is 2.76. The van der Waals surface area contributed by atoms with Gasteiger partial charge in [0.1, 0.15) is 0 Å². The molecule has 0 amide bonds. The van der Waals surface area contributed by atoms with E-state index in [1.165, 1.54) is 6.07 Å². The van der Waals surface area contributed by atoms with Gasteiger partial charge in [-0.25, -0.2) is 0 Å². The molecule has 0 bridgehead atoms. The number of rotatable bonds is 2. The number of alkyl halides is 3. The maximum Gasteiger partial charge on any atom is 0.418 e. The number of nitrogens with one attached hydrogen (secondary N) is 1. The summed E-state index contributed by atoms with van der Waals surface area (Å²) < 4.78 is 38.1. The van der Waals surface area contributed by atoms with Gasteiger partial charge in [0.15, 0.2) is 0 Å². The minimum Gasteiger partial charge on any atom is -0.385 e. The van der Waals surface area contributed by atoms with E-state index in [1.807, 2.05) is 22.6 Å². The monoisotopic (exact) mass is 315 g/mol. The van der Waals surface area contributed by atoms with Crippen molar-refractivity contribution in [2.24, 2.45) is 0 Å². The van der Waals surface area contributed by atoms with Gasteiger partial charge in [0.2, 0.25) is 0 Å². The quantitative estimate of drug-likeness (QED) is 0.820. The van der Waals surface area contributed by atoms with E-state index in [9.17, 15) is 13.2 Å². The van der Waals surface area contributed by atoms with Crippen LogP contribution in [0, 0.1) is 3.57 Å². The summed E-state index contributed by atoms with van der Waals surface area (Å²) in [5.41, 5.74) is -0.466. The minimum atomic E-state index is -4.29. The molecule has 1 nitrogen and oxygen atoms in total. The summed E-state index contributed by atoms with van der Waals surface area (Å²) in [5, 5.41) is 2.69. The van der Waals surface area contributed by atoms with Gasteiger partial charge >= 0.3 is 6.18 Å². The molecule has 0 aromatic heterocycles. The van der Waals surface area contributed by atoms with Gasteiger partial charge < -0.3 is 5.32 Å². The summed E-state index contributed by atoms with van der Waals surface area (Å²) in [7, 11) is 0. The van der Waals surface area contributed by atoms with Crippen molar-refractivity contribution < 1.29 is 13.2 Å². The van der Waals surface area contributed by atoms with E-state index in [0.29, 0.717) is 10.1 Å². The second-order valence-corrected chi connectivity index (χ2v) is 3.96. The Bertz CT molecular complexity index is 322. The van der Waals surface area contributed by atoms with Crippen molar-refractivity contribution in [3.05, 3.63) is 27.3 Å². The van der Waals surface area contributed by atoms with Crippen LogP contribution in [-0.4, -0.2) is 6.54 Å². The molecule has 1 rings (SSSR count). The Morgan fingerprint density at radius 2 is 2.00 bits per heavy atom. The number of anilines is 1. The molecule has 5 heteroatoms.